The van der Waals surface area contributed by atoms with Gasteiger partial charge in [-0.05, 0) is 68.7 Å². The van der Waals surface area contributed by atoms with Crippen LogP contribution in [0.1, 0.15) is 64.9 Å². The van der Waals surface area contributed by atoms with E-state index in [4.69, 9.17) is 0 Å². The van der Waals surface area contributed by atoms with Gasteiger partial charge >= 0.3 is 5.97 Å². The van der Waals surface area contributed by atoms with Crippen molar-refractivity contribution < 1.29 is 19.5 Å². The Morgan fingerprint density at radius 1 is 1.00 bits per heavy atom. The molecule has 0 aliphatic heterocycles. The van der Waals surface area contributed by atoms with Crippen LogP contribution < -0.4 is 10.6 Å². The van der Waals surface area contributed by atoms with E-state index in [9.17, 15) is 19.5 Å². The summed E-state index contributed by atoms with van der Waals surface area (Å²) < 4.78 is 0. The van der Waals surface area contributed by atoms with Crippen LogP contribution in [-0.4, -0.2) is 22.9 Å². The summed E-state index contributed by atoms with van der Waals surface area (Å²) in [4.78, 5) is 39.1. The fraction of sp³-hybridized carbons (Fsp3) is 0.458. The maximum Gasteiger partial charge on any atom is 0.307 e. The van der Waals surface area contributed by atoms with Crippen LogP contribution in [0.2, 0.25) is 0 Å². The van der Waals surface area contributed by atoms with E-state index in [1.165, 1.54) is 11.3 Å². The van der Waals surface area contributed by atoms with Gasteiger partial charge < -0.3 is 15.7 Å². The van der Waals surface area contributed by atoms with Gasteiger partial charge in [-0.2, -0.15) is 0 Å². The lowest BCUT2D eigenvalue weighted by molar-refractivity contribution is -0.147. The monoisotopic (exact) mass is 440 g/mol. The molecule has 3 N–H and O–H groups in total. The number of rotatable bonds is 5. The second-order valence-electron chi connectivity index (χ2n) is 8.56. The summed E-state index contributed by atoms with van der Waals surface area (Å²) in [6, 6.07) is 7.62. The first-order valence-corrected chi connectivity index (χ1v) is 11.8. The number of hydrogen-bond donors (Lipinski definition) is 3. The zero-order chi connectivity index (χ0) is 22.0. The number of carboxylic acids is 1. The van der Waals surface area contributed by atoms with Crippen LogP contribution in [0.4, 0.5) is 10.7 Å². The third-order valence-corrected chi connectivity index (χ3v) is 7.54. The average molecular weight is 441 g/mol. The van der Waals surface area contributed by atoms with Crippen molar-refractivity contribution >= 4 is 39.8 Å². The van der Waals surface area contributed by atoms with Gasteiger partial charge in [0.05, 0.1) is 17.4 Å². The molecule has 2 atom stereocenters. The Bertz CT molecular complexity index is 1010. The first-order valence-electron chi connectivity index (χ1n) is 11.0. The van der Waals surface area contributed by atoms with Crippen molar-refractivity contribution in [2.75, 3.05) is 10.6 Å². The van der Waals surface area contributed by atoms with Crippen molar-refractivity contribution in [1.82, 2.24) is 0 Å². The highest BCUT2D eigenvalue weighted by molar-refractivity contribution is 7.17. The lowest BCUT2D eigenvalue weighted by Crippen LogP contribution is -2.36. The number of thiophene rings is 1. The minimum atomic E-state index is -0.914. The number of anilines is 2. The van der Waals surface area contributed by atoms with E-state index < -0.39 is 17.8 Å². The maximum atomic E-state index is 13.3. The van der Waals surface area contributed by atoms with Gasteiger partial charge in [-0.15, -0.1) is 11.3 Å². The molecule has 0 unspecified atom stereocenters. The van der Waals surface area contributed by atoms with Gasteiger partial charge in [0.15, 0.2) is 0 Å². The number of carboxylic acid groups (broad SMARTS) is 1. The van der Waals surface area contributed by atoms with Crippen LogP contribution in [0.25, 0.3) is 0 Å². The highest BCUT2D eigenvalue weighted by atomic mass is 32.1. The van der Waals surface area contributed by atoms with E-state index in [0.717, 1.165) is 60.2 Å². The predicted octanol–water partition coefficient (Wildman–Crippen LogP) is 5.02. The Morgan fingerprint density at radius 3 is 2.48 bits per heavy atom. The summed E-state index contributed by atoms with van der Waals surface area (Å²) in [5.74, 6) is -2.64. The van der Waals surface area contributed by atoms with Crippen LogP contribution in [0, 0.1) is 18.8 Å². The average Bonchev–Trinajstić information content (AvgIpc) is 3.11. The molecule has 1 fully saturated rings. The number of hydrogen-bond acceptors (Lipinski definition) is 4. The summed E-state index contributed by atoms with van der Waals surface area (Å²) in [7, 11) is 0. The van der Waals surface area contributed by atoms with Crippen molar-refractivity contribution in [1.29, 1.82) is 0 Å². The Labute approximate surface area is 186 Å². The SMILES string of the molecule is Cc1cccc(NC(=O)c2c(NC(=O)[C@H]3CCCC[C@H]3C(=O)O)sc3c2CCCC3)c1. The van der Waals surface area contributed by atoms with E-state index in [0.29, 0.717) is 23.4 Å². The third-order valence-electron chi connectivity index (χ3n) is 6.33. The molecule has 2 amide bonds. The van der Waals surface area contributed by atoms with Gasteiger partial charge in [0, 0.05) is 10.6 Å². The molecule has 7 heteroatoms. The van der Waals surface area contributed by atoms with E-state index in [1.807, 2.05) is 31.2 Å². The standard InChI is InChI=1S/C24H28N2O4S/c1-14-7-6-8-15(13-14)25-22(28)20-18-11-4-5-12-19(18)31-23(20)26-21(27)16-9-2-3-10-17(16)24(29)30/h6-8,13,16-17H,2-5,9-12H2,1H3,(H,25,28)(H,26,27)(H,29,30)/t16-,17+/m0/s1. The molecule has 1 aromatic heterocycles. The van der Waals surface area contributed by atoms with Crippen molar-refractivity contribution in [2.45, 2.75) is 58.3 Å². The van der Waals surface area contributed by atoms with Crippen molar-refractivity contribution in [3.8, 4) is 0 Å². The van der Waals surface area contributed by atoms with E-state index in [1.54, 1.807) is 0 Å². The largest absolute Gasteiger partial charge is 0.481 e. The van der Waals surface area contributed by atoms with Crippen LogP contribution in [0.5, 0.6) is 0 Å². The molecule has 0 bridgehead atoms. The molecule has 0 saturated heterocycles. The fourth-order valence-corrected chi connectivity index (χ4v) is 6.05. The molecule has 31 heavy (non-hydrogen) atoms. The smallest absolute Gasteiger partial charge is 0.307 e. The van der Waals surface area contributed by atoms with Gasteiger partial charge in [-0.1, -0.05) is 25.0 Å². The second kappa shape index (κ2) is 9.22. The molecular weight excluding hydrogens is 412 g/mol. The summed E-state index contributed by atoms with van der Waals surface area (Å²) in [6.07, 6.45) is 6.59. The molecule has 164 valence electrons. The Hall–Kier alpha value is -2.67. The topological polar surface area (TPSA) is 95.5 Å². The lowest BCUT2D eigenvalue weighted by atomic mass is 9.78. The molecule has 2 aromatic rings. The minimum Gasteiger partial charge on any atom is -0.481 e. The number of fused-ring (bicyclic) bond motifs is 1. The second-order valence-corrected chi connectivity index (χ2v) is 9.67. The predicted molar refractivity (Wildman–Crippen MR) is 122 cm³/mol. The van der Waals surface area contributed by atoms with Crippen LogP contribution in [-0.2, 0) is 22.4 Å². The molecule has 2 aliphatic rings. The fourth-order valence-electron chi connectivity index (χ4n) is 4.76. The summed E-state index contributed by atoms with van der Waals surface area (Å²) >= 11 is 1.47. The number of aryl methyl sites for hydroxylation is 2. The molecular formula is C24H28N2O4S. The van der Waals surface area contributed by atoms with Crippen molar-refractivity contribution in [2.24, 2.45) is 11.8 Å². The molecule has 0 radical (unpaired) electrons. The molecule has 4 rings (SSSR count). The minimum absolute atomic E-state index is 0.223. The zero-order valence-corrected chi connectivity index (χ0v) is 18.5. The van der Waals surface area contributed by atoms with Crippen LogP contribution in [0.15, 0.2) is 24.3 Å². The van der Waals surface area contributed by atoms with E-state index >= 15 is 0 Å². The summed E-state index contributed by atoms with van der Waals surface area (Å²) in [5.41, 5.74) is 3.33. The van der Waals surface area contributed by atoms with Gasteiger partial charge in [0.25, 0.3) is 5.91 Å². The normalized spacial score (nSPS) is 20.5. The Balaban J connectivity index is 1.61. The van der Waals surface area contributed by atoms with Crippen LogP contribution >= 0.6 is 11.3 Å². The highest BCUT2D eigenvalue weighted by Gasteiger charge is 2.37. The highest BCUT2D eigenvalue weighted by Crippen LogP contribution is 2.40. The number of nitrogens with one attached hydrogen (secondary N) is 2. The van der Waals surface area contributed by atoms with E-state index in [-0.39, 0.29) is 11.8 Å². The summed E-state index contributed by atoms with van der Waals surface area (Å²) in [5, 5.41) is 16.0. The third kappa shape index (κ3) is 4.66. The maximum absolute atomic E-state index is 13.3. The zero-order valence-electron chi connectivity index (χ0n) is 17.7. The van der Waals surface area contributed by atoms with Gasteiger partial charge in [0.2, 0.25) is 5.91 Å². The number of carbonyl (C=O) groups is 3. The number of amides is 2. The quantitative estimate of drug-likeness (QED) is 0.608. The van der Waals surface area contributed by atoms with Gasteiger partial charge in [-0.3, -0.25) is 14.4 Å². The molecule has 1 aromatic carbocycles. The van der Waals surface area contributed by atoms with Crippen molar-refractivity contribution in [3.05, 3.63) is 45.8 Å². The number of benzene rings is 1. The molecule has 6 nitrogen and oxygen atoms in total. The van der Waals surface area contributed by atoms with Gasteiger partial charge in [-0.25, -0.2) is 0 Å². The van der Waals surface area contributed by atoms with E-state index in [2.05, 4.69) is 10.6 Å². The van der Waals surface area contributed by atoms with Crippen LogP contribution in [0.3, 0.4) is 0 Å². The first-order chi connectivity index (χ1) is 14.9. The molecule has 2 aliphatic carbocycles. The first kappa shape index (κ1) is 21.6. The van der Waals surface area contributed by atoms with Crippen molar-refractivity contribution in [3.63, 3.8) is 0 Å². The number of aliphatic carboxylic acids is 1. The molecule has 0 spiro atoms. The lowest BCUT2D eigenvalue weighted by Gasteiger charge is -2.27. The molecule has 1 heterocycles. The Kier molecular flexibility index (Phi) is 6.41. The molecule has 1 saturated carbocycles. The number of carbonyl (C=O) groups excluding carboxylic acids is 2. The van der Waals surface area contributed by atoms with Gasteiger partial charge in [0.1, 0.15) is 5.00 Å². The summed E-state index contributed by atoms with van der Waals surface area (Å²) in [6.45, 7) is 1.97. The Morgan fingerprint density at radius 2 is 1.74 bits per heavy atom.